The highest BCUT2D eigenvalue weighted by molar-refractivity contribution is 5.79. The van der Waals surface area contributed by atoms with Gasteiger partial charge in [0.15, 0.2) is 0 Å². The number of carbonyl (C=O) groups is 1. The van der Waals surface area contributed by atoms with Crippen molar-refractivity contribution in [3.8, 4) is 17.0 Å². The average Bonchev–Trinajstić information content (AvgIpc) is 2.69. The molecule has 1 aromatic heterocycles. The minimum absolute atomic E-state index is 0.000695. The van der Waals surface area contributed by atoms with Crippen molar-refractivity contribution in [2.24, 2.45) is 0 Å². The van der Waals surface area contributed by atoms with Crippen LogP contribution in [-0.4, -0.2) is 40.8 Å². The van der Waals surface area contributed by atoms with E-state index in [1.54, 1.807) is 30.2 Å². The van der Waals surface area contributed by atoms with Crippen LogP contribution in [0.2, 0.25) is 0 Å². The minimum Gasteiger partial charge on any atom is -0.497 e. The molecule has 0 radical (unpaired) electrons. The molecule has 1 amide bonds. The summed E-state index contributed by atoms with van der Waals surface area (Å²) >= 11 is 0. The molecule has 1 aliphatic rings. The molecule has 2 heterocycles. The third-order valence-electron chi connectivity index (χ3n) is 5.02. The van der Waals surface area contributed by atoms with Gasteiger partial charge in [0.1, 0.15) is 11.6 Å². The Morgan fingerprint density at radius 1 is 1.14 bits per heavy atom. The Morgan fingerprint density at radius 2 is 1.90 bits per heavy atom. The zero-order valence-corrected chi connectivity index (χ0v) is 15.9. The zero-order valence-electron chi connectivity index (χ0n) is 15.9. The smallest absolute Gasteiger partial charge is 0.267 e. The van der Waals surface area contributed by atoms with Crippen LogP contribution in [0.1, 0.15) is 11.6 Å². The lowest BCUT2D eigenvalue weighted by atomic mass is 10.1. The van der Waals surface area contributed by atoms with Gasteiger partial charge in [0, 0.05) is 24.7 Å². The van der Waals surface area contributed by atoms with Crippen molar-refractivity contribution in [3.63, 3.8) is 0 Å². The predicted octanol–water partition coefficient (Wildman–Crippen LogP) is 2.68. The van der Waals surface area contributed by atoms with Gasteiger partial charge in [0.25, 0.3) is 5.56 Å². The van der Waals surface area contributed by atoms with E-state index in [4.69, 9.17) is 4.74 Å². The van der Waals surface area contributed by atoms with E-state index in [0.29, 0.717) is 30.8 Å². The average molecular weight is 393 g/mol. The fourth-order valence-electron chi connectivity index (χ4n) is 3.33. The molecule has 1 fully saturated rings. The van der Waals surface area contributed by atoms with Crippen molar-refractivity contribution in [1.82, 2.24) is 14.7 Å². The van der Waals surface area contributed by atoms with Gasteiger partial charge in [-0.2, -0.15) is 5.10 Å². The van der Waals surface area contributed by atoms with Crippen molar-refractivity contribution in [1.29, 1.82) is 0 Å². The lowest BCUT2D eigenvalue weighted by Crippen LogP contribution is -2.53. The lowest BCUT2D eigenvalue weighted by molar-refractivity contribution is -0.136. The van der Waals surface area contributed by atoms with E-state index in [1.807, 2.05) is 24.3 Å². The first-order chi connectivity index (χ1) is 14.0. The maximum Gasteiger partial charge on any atom is 0.267 e. The van der Waals surface area contributed by atoms with Gasteiger partial charge in [-0.15, -0.1) is 0 Å². The maximum atomic E-state index is 13.5. The molecule has 4 rings (SSSR count). The highest BCUT2D eigenvalue weighted by Crippen LogP contribution is 2.23. The molecule has 29 heavy (non-hydrogen) atoms. The molecule has 0 N–H and O–H groups in total. The van der Waals surface area contributed by atoms with Gasteiger partial charge in [-0.05, 0) is 35.9 Å². The molecule has 0 bridgehead atoms. The molecule has 1 saturated heterocycles. The lowest BCUT2D eigenvalue weighted by Gasteiger charge is -2.39. The summed E-state index contributed by atoms with van der Waals surface area (Å²) in [4.78, 5) is 26.4. The fraction of sp³-hybridized carbons (Fsp3) is 0.227. The van der Waals surface area contributed by atoms with E-state index in [0.717, 1.165) is 11.3 Å². The SMILES string of the molecule is COc1ccc(CC(=O)N2CC(n3nc(-c4cccc(F)c4)ccc3=O)C2)cc1. The Labute approximate surface area is 167 Å². The standard InChI is InChI=1S/C22H20FN3O3/c1-29-19-7-5-15(6-8-19)11-22(28)25-13-18(14-25)26-21(27)10-9-20(24-26)16-3-2-4-17(23)12-16/h2-10,12,18H,11,13-14H2,1H3. The Balaban J connectivity index is 1.43. The largest absolute Gasteiger partial charge is 0.497 e. The third-order valence-corrected chi connectivity index (χ3v) is 5.02. The van der Waals surface area contributed by atoms with Crippen molar-refractivity contribution in [2.45, 2.75) is 12.5 Å². The summed E-state index contributed by atoms with van der Waals surface area (Å²) in [7, 11) is 1.60. The molecule has 1 aliphatic heterocycles. The quantitative estimate of drug-likeness (QED) is 0.669. The number of methoxy groups -OCH3 is 1. The monoisotopic (exact) mass is 393 g/mol. The summed E-state index contributed by atoms with van der Waals surface area (Å²) < 4.78 is 20.0. The first-order valence-electron chi connectivity index (χ1n) is 9.30. The van der Waals surface area contributed by atoms with E-state index in [2.05, 4.69) is 5.10 Å². The molecule has 2 aromatic carbocycles. The number of halogens is 1. The van der Waals surface area contributed by atoms with Crippen LogP contribution in [-0.2, 0) is 11.2 Å². The highest BCUT2D eigenvalue weighted by Gasteiger charge is 2.33. The number of likely N-dealkylation sites (tertiary alicyclic amines) is 1. The third kappa shape index (κ3) is 4.03. The van der Waals surface area contributed by atoms with Crippen LogP contribution in [0.4, 0.5) is 4.39 Å². The van der Waals surface area contributed by atoms with Crippen LogP contribution in [0.3, 0.4) is 0 Å². The number of hydrogen-bond acceptors (Lipinski definition) is 4. The van der Waals surface area contributed by atoms with Crippen LogP contribution >= 0.6 is 0 Å². The highest BCUT2D eigenvalue weighted by atomic mass is 19.1. The number of amides is 1. The van der Waals surface area contributed by atoms with E-state index in [9.17, 15) is 14.0 Å². The van der Waals surface area contributed by atoms with Crippen molar-refractivity contribution >= 4 is 5.91 Å². The topological polar surface area (TPSA) is 64.4 Å². The van der Waals surface area contributed by atoms with Gasteiger partial charge < -0.3 is 9.64 Å². The number of carbonyl (C=O) groups excluding carboxylic acids is 1. The molecule has 0 atom stereocenters. The van der Waals surface area contributed by atoms with Gasteiger partial charge in [-0.3, -0.25) is 9.59 Å². The molecular weight excluding hydrogens is 373 g/mol. The summed E-state index contributed by atoms with van der Waals surface area (Å²) in [6.07, 6.45) is 0.294. The van der Waals surface area contributed by atoms with Crippen molar-refractivity contribution in [2.75, 3.05) is 20.2 Å². The van der Waals surface area contributed by atoms with Gasteiger partial charge >= 0.3 is 0 Å². The van der Waals surface area contributed by atoms with Crippen LogP contribution < -0.4 is 10.3 Å². The Hall–Kier alpha value is -3.48. The molecule has 0 aliphatic carbocycles. The molecule has 6 nitrogen and oxygen atoms in total. The molecule has 0 unspecified atom stereocenters. The second kappa shape index (κ2) is 7.87. The Bertz CT molecular complexity index is 1090. The first kappa shape index (κ1) is 18.9. The second-order valence-corrected chi connectivity index (χ2v) is 6.99. The summed E-state index contributed by atoms with van der Waals surface area (Å²) in [5, 5.41) is 4.39. The maximum absolute atomic E-state index is 13.5. The van der Waals surface area contributed by atoms with Gasteiger partial charge in [-0.25, -0.2) is 9.07 Å². The number of aromatic nitrogens is 2. The van der Waals surface area contributed by atoms with Crippen LogP contribution in [0.5, 0.6) is 5.75 Å². The van der Waals surface area contributed by atoms with Crippen LogP contribution in [0, 0.1) is 5.82 Å². The first-order valence-corrected chi connectivity index (χ1v) is 9.30. The molecule has 0 spiro atoms. The van der Waals surface area contributed by atoms with Crippen molar-refractivity contribution < 1.29 is 13.9 Å². The summed E-state index contributed by atoms with van der Waals surface area (Å²) in [5.74, 6) is 0.385. The Kier molecular flexibility index (Phi) is 5.12. The summed E-state index contributed by atoms with van der Waals surface area (Å²) in [6.45, 7) is 0.850. The zero-order chi connectivity index (χ0) is 20.4. The normalized spacial score (nSPS) is 13.8. The summed E-state index contributed by atoms with van der Waals surface area (Å²) in [6, 6.07) is 16.3. The summed E-state index contributed by atoms with van der Waals surface area (Å²) in [5.41, 5.74) is 1.79. The van der Waals surface area contributed by atoms with Crippen LogP contribution in [0.25, 0.3) is 11.3 Å². The van der Waals surface area contributed by atoms with E-state index < -0.39 is 0 Å². The van der Waals surface area contributed by atoms with Crippen LogP contribution in [0.15, 0.2) is 65.5 Å². The molecule has 0 saturated carbocycles. The second-order valence-electron chi connectivity index (χ2n) is 6.99. The van der Waals surface area contributed by atoms with E-state index in [-0.39, 0.29) is 23.3 Å². The van der Waals surface area contributed by atoms with E-state index >= 15 is 0 Å². The van der Waals surface area contributed by atoms with Gasteiger partial charge in [-0.1, -0.05) is 24.3 Å². The molecule has 3 aromatic rings. The minimum atomic E-state index is -0.360. The van der Waals surface area contributed by atoms with Gasteiger partial charge in [0.05, 0.1) is 25.3 Å². The number of hydrogen-bond donors (Lipinski definition) is 0. The number of nitrogens with zero attached hydrogens (tertiary/aromatic N) is 3. The number of benzene rings is 2. The van der Waals surface area contributed by atoms with Gasteiger partial charge in [0.2, 0.25) is 5.91 Å². The fourth-order valence-corrected chi connectivity index (χ4v) is 3.33. The number of ether oxygens (including phenoxy) is 1. The predicted molar refractivity (Wildman–Crippen MR) is 106 cm³/mol. The number of rotatable bonds is 5. The molecular formula is C22H20FN3O3. The van der Waals surface area contributed by atoms with Crippen molar-refractivity contribution in [3.05, 3.63) is 82.4 Å². The molecule has 148 valence electrons. The van der Waals surface area contributed by atoms with E-state index in [1.165, 1.54) is 22.9 Å². The Morgan fingerprint density at radius 3 is 2.59 bits per heavy atom. The molecule has 7 heteroatoms.